The molecule has 0 spiro atoms. The Morgan fingerprint density at radius 2 is 2.11 bits per heavy atom. The number of aryl methyl sites for hydroxylation is 3. The highest BCUT2D eigenvalue weighted by Gasteiger charge is 2.26. The summed E-state index contributed by atoms with van der Waals surface area (Å²) in [5.41, 5.74) is 2.60. The maximum Gasteiger partial charge on any atom is 0.250 e. The molecule has 28 heavy (non-hydrogen) atoms. The van der Waals surface area contributed by atoms with Crippen LogP contribution >= 0.6 is 11.3 Å². The molecule has 0 radical (unpaired) electrons. The van der Waals surface area contributed by atoms with Gasteiger partial charge in [0.2, 0.25) is 5.91 Å². The Bertz CT molecular complexity index is 754. The van der Waals surface area contributed by atoms with Gasteiger partial charge in [-0.25, -0.2) is 4.98 Å². The van der Waals surface area contributed by atoms with Crippen LogP contribution in [-0.2, 0) is 35.3 Å². The summed E-state index contributed by atoms with van der Waals surface area (Å²) in [7, 11) is 0. The number of aromatic nitrogens is 1. The van der Waals surface area contributed by atoms with E-state index in [2.05, 4.69) is 34.5 Å². The SMILES string of the molecule is O=C(NCCCc1nc2c(s1)CCCC2)C1CN(Cc2ccccc2)CCO1. The van der Waals surface area contributed by atoms with Crippen LogP contribution < -0.4 is 5.32 Å². The number of morpholine rings is 1. The number of carbonyl (C=O) groups is 1. The lowest BCUT2D eigenvalue weighted by Gasteiger charge is -2.32. The van der Waals surface area contributed by atoms with Gasteiger partial charge in [0.25, 0.3) is 0 Å². The Kier molecular flexibility index (Phi) is 6.73. The zero-order valence-electron chi connectivity index (χ0n) is 16.4. The Hall–Kier alpha value is -1.76. The molecule has 4 rings (SSSR count). The van der Waals surface area contributed by atoms with E-state index in [1.165, 1.54) is 40.4 Å². The van der Waals surface area contributed by atoms with E-state index in [1.807, 2.05) is 17.4 Å². The van der Waals surface area contributed by atoms with Gasteiger partial charge in [-0.15, -0.1) is 11.3 Å². The second kappa shape index (κ2) is 9.63. The van der Waals surface area contributed by atoms with Crippen LogP contribution in [0.3, 0.4) is 0 Å². The average Bonchev–Trinajstić information content (AvgIpc) is 3.15. The molecular weight excluding hydrogens is 370 g/mol. The quantitative estimate of drug-likeness (QED) is 0.728. The van der Waals surface area contributed by atoms with Gasteiger partial charge in [-0.3, -0.25) is 9.69 Å². The molecular formula is C22H29N3O2S. The van der Waals surface area contributed by atoms with E-state index in [-0.39, 0.29) is 12.0 Å². The highest BCUT2D eigenvalue weighted by atomic mass is 32.1. The molecule has 0 saturated carbocycles. The summed E-state index contributed by atoms with van der Waals surface area (Å²) in [5, 5.41) is 4.28. The van der Waals surface area contributed by atoms with Crippen molar-refractivity contribution in [1.29, 1.82) is 0 Å². The number of nitrogens with zero attached hydrogens (tertiary/aromatic N) is 2. The van der Waals surface area contributed by atoms with Crippen LogP contribution in [0.25, 0.3) is 0 Å². The largest absolute Gasteiger partial charge is 0.366 e. The minimum atomic E-state index is -0.371. The number of thiazole rings is 1. The second-order valence-corrected chi connectivity index (χ2v) is 8.83. The van der Waals surface area contributed by atoms with Gasteiger partial charge in [-0.1, -0.05) is 30.3 Å². The van der Waals surface area contributed by atoms with Crippen molar-refractivity contribution in [2.24, 2.45) is 0 Å². The van der Waals surface area contributed by atoms with E-state index in [0.717, 1.165) is 32.4 Å². The first kappa shape index (κ1) is 19.6. The fraction of sp³-hybridized carbons (Fsp3) is 0.545. The Labute approximate surface area is 171 Å². The molecule has 1 N–H and O–H groups in total. The molecule has 1 aliphatic carbocycles. The van der Waals surface area contributed by atoms with Crippen molar-refractivity contribution in [1.82, 2.24) is 15.2 Å². The molecule has 1 aromatic carbocycles. The molecule has 2 aromatic rings. The molecule has 5 nitrogen and oxygen atoms in total. The van der Waals surface area contributed by atoms with Gasteiger partial charge in [0.05, 0.1) is 17.3 Å². The average molecular weight is 400 g/mol. The van der Waals surface area contributed by atoms with Crippen LogP contribution in [0.4, 0.5) is 0 Å². The molecule has 1 aliphatic heterocycles. The van der Waals surface area contributed by atoms with E-state index < -0.39 is 0 Å². The molecule has 2 aliphatic rings. The third-order valence-corrected chi connectivity index (χ3v) is 6.67. The Balaban J connectivity index is 1.18. The number of nitrogens with one attached hydrogen (secondary N) is 1. The van der Waals surface area contributed by atoms with Crippen molar-refractivity contribution in [3.8, 4) is 0 Å². The lowest BCUT2D eigenvalue weighted by molar-refractivity contribution is -0.138. The predicted molar refractivity (Wildman–Crippen MR) is 112 cm³/mol. The zero-order chi connectivity index (χ0) is 19.2. The number of fused-ring (bicyclic) bond motifs is 1. The number of benzene rings is 1. The van der Waals surface area contributed by atoms with Crippen molar-refractivity contribution < 1.29 is 9.53 Å². The standard InChI is InChI=1S/C22H29N3O2S/c26-22(19-16-25(13-14-27-19)15-17-7-2-1-3-8-17)23-12-6-11-21-24-18-9-4-5-10-20(18)28-21/h1-3,7-8,19H,4-6,9-16H2,(H,23,26). The van der Waals surface area contributed by atoms with Crippen LogP contribution in [0.1, 0.15) is 40.4 Å². The lowest BCUT2D eigenvalue weighted by Crippen LogP contribution is -2.49. The van der Waals surface area contributed by atoms with Crippen molar-refractivity contribution in [3.05, 3.63) is 51.5 Å². The molecule has 0 bridgehead atoms. The van der Waals surface area contributed by atoms with E-state index in [4.69, 9.17) is 9.72 Å². The van der Waals surface area contributed by atoms with Crippen molar-refractivity contribution in [2.45, 2.75) is 51.2 Å². The first-order valence-corrected chi connectivity index (χ1v) is 11.2. The van der Waals surface area contributed by atoms with Crippen LogP contribution in [-0.4, -0.2) is 48.1 Å². The number of amides is 1. The monoisotopic (exact) mass is 399 g/mol. The summed E-state index contributed by atoms with van der Waals surface area (Å²) in [6.07, 6.45) is 6.41. The Morgan fingerprint density at radius 3 is 2.96 bits per heavy atom. The number of hydrogen-bond donors (Lipinski definition) is 1. The summed E-state index contributed by atoms with van der Waals surface area (Å²) in [4.78, 5) is 21.1. The topological polar surface area (TPSA) is 54.5 Å². The van der Waals surface area contributed by atoms with E-state index in [1.54, 1.807) is 0 Å². The molecule has 150 valence electrons. The van der Waals surface area contributed by atoms with Gasteiger partial charge in [0, 0.05) is 37.5 Å². The van der Waals surface area contributed by atoms with Gasteiger partial charge in [-0.05, 0) is 37.7 Å². The fourth-order valence-electron chi connectivity index (χ4n) is 3.92. The van der Waals surface area contributed by atoms with Crippen molar-refractivity contribution in [3.63, 3.8) is 0 Å². The summed E-state index contributed by atoms with van der Waals surface area (Å²) in [5.74, 6) is 0.0104. The van der Waals surface area contributed by atoms with Gasteiger partial charge in [-0.2, -0.15) is 0 Å². The number of ether oxygens (including phenoxy) is 1. The predicted octanol–water partition coefficient (Wildman–Crippen LogP) is 2.97. The highest BCUT2D eigenvalue weighted by molar-refractivity contribution is 7.11. The molecule has 6 heteroatoms. The van der Waals surface area contributed by atoms with Gasteiger partial charge in [0.15, 0.2) is 0 Å². The first-order chi connectivity index (χ1) is 13.8. The fourth-order valence-corrected chi connectivity index (χ4v) is 5.12. The minimum absolute atomic E-state index is 0.0104. The first-order valence-electron chi connectivity index (χ1n) is 10.4. The van der Waals surface area contributed by atoms with E-state index in [0.29, 0.717) is 19.7 Å². The van der Waals surface area contributed by atoms with Crippen LogP contribution in [0.2, 0.25) is 0 Å². The second-order valence-electron chi connectivity index (χ2n) is 7.66. The third kappa shape index (κ3) is 5.19. The molecule has 1 amide bonds. The van der Waals surface area contributed by atoms with Crippen molar-refractivity contribution in [2.75, 3.05) is 26.2 Å². The summed E-state index contributed by atoms with van der Waals surface area (Å²) in [6, 6.07) is 10.4. The highest BCUT2D eigenvalue weighted by Crippen LogP contribution is 2.27. The van der Waals surface area contributed by atoms with Gasteiger partial charge < -0.3 is 10.1 Å². The molecule has 1 fully saturated rings. The summed E-state index contributed by atoms with van der Waals surface area (Å²) >= 11 is 1.87. The van der Waals surface area contributed by atoms with Gasteiger partial charge >= 0.3 is 0 Å². The summed E-state index contributed by atoms with van der Waals surface area (Å²) < 4.78 is 5.71. The van der Waals surface area contributed by atoms with E-state index in [9.17, 15) is 4.79 Å². The number of carbonyl (C=O) groups excluding carboxylic acids is 1. The molecule has 1 unspecified atom stereocenters. The molecule has 1 aromatic heterocycles. The maximum atomic E-state index is 12.5. The molecule has 1 atom stereocenters. The zero-order valence-corrected chi connectivity index (χ0v) is 17.2. The van der Waals surface area contributed by atoms with Crippen LogP contribution in [0, 0.1) is 0 Å². The lowest BCUT2D eigenvalue weighted by atomic mass is 10.0. The number of hydrogen-bond acceptors (Lipinski definition) is 5. The van der Waals surface area contributed by atoms with Crippen LogP contribution in [0.15, 0.2) is 30.3 Å². The Morgan fingerprint density at radius 1 is 1.25 bits per heavy atom. The summed E-state index contributed by atoms with van der Waals surface area (Å²) in [6.45, 7) is 3.67. The van der Waals surface area contributed by atoms with Crippen LogP contribution in [0.5, 0.6) is 0 Å². The smallest absolute Gasteiger partial charge is 0.250 e. The van der Waals surface area contributed by atoms with E-state index >= 15 is 0 Å². The minimum Gasteiger partial charge on any atom is -0.366 e. The molecule has 1 saturated heterocycles. The number of rotatable bonds is 7. The molecule has 2 heterocycles. The maximum absolute atomic E-state index is 12.5. The van der Waals surface area contributed by atoms with Gasteiger partial charge in [0.1, 0.15) is 6.10 Å². The normalized spacial score (nSPS) is 19.9. The van der Waals surface area contributed by atoms with Crippen molar-refractivity contribution >= 4 is 17.2 Å². The third-order valence-electron chi connectivity index (χ3n) is 5.45.